The van der Waals surface area contributed by atoms with Gasteiger partial charge in [-0.05, 0) is 24.1 Å². The summed E-state index contributed by atoms with van der Waals surface area (Å²) >= 11 is 1.53. The Labute approximate surface area is 173 Å². The highest BCUT2D eigenvalue weighted by Crippen LogP contribution is 2.37. The zero-order chi connectivity index (χ0) is 20.0. The van der Waals surface area contributed by atoms with Crippen LogP contribution in [0.15, 0.2) is 65.8 Å². The van der Waals surface area contributed by atoms with Gasteiger partial charge in [0.2, 0.25) is 0 Å². The summed E-state index contributed by atoms with van der Waals surface area (Å²) in [6, 6.07) is 17.8. The molecule has 144 valence electrons. The van der Waals surface area contributed by atoms with E-state index in [0.717, 1.165) is 45.1 Å². The van der Waals surface area contributed by atoms with Crippen molar-refractivity contribution < 1.29 is 4.79 Å². The van der Waals surface area contributed by atoms with E-state index in [4.69, 9.17) is 9.97 Å². The first-order valence-electron chi connectivity index (χ1n) is 9.71. The van der Waals surface area contributed by atoms with Gasteiger partial charge in [-0.1, -0.05) is 68.1 Å². The minimum absolute atomic E-state index is 0.161. The minimum atomic E-state index is -0.161. The largest absolute Gasteiger partial charge is 0.293 e. The van der Waals surface area contributed by atoms with Crippen LogP contribution in [0, 0.1) is 0 Å². The Morgan fingerprint density at radius 2 is 1.79 bits per heavy atom. The van der Waals surface area contributed by atoms with E-state index in [1.807, 2.05) is 59.3 Å². The average Bonchev–Trinajstić information content (AvgIpc) is 3.30. The first-order chi connectivity index (χ1) is 14.1. The second-order valence-electron chi connectivity index (χ2n) is 7.50. The number of carbonyl (C=O) groups excluding carboxylic acids is 1. The van der Waals surface area contributed by atoms with Crippen LogP contribution in [0.1, 0.15) is 41.5 Å². The van der Waals surface area contributed by atoms with Gasteiger partial charge < -0.3 is 0 Å². The highest BCUT2D eigenvalue weighted by Gasteiger charge is 2.32. The predicted molar refractivity (Wildman–Crippen MR) is 115 cm³/mol. The van der Waals surface area contributed by atoms with E-state index < -0.39 is 0 Å². The van der Waals surface area contributed by atoms with Crippen LogP contribution in [0.3, 0.4) is 0 Å². The van der Waals surface area contributed by atoms with Gasteiger partial charge in [-0.3, -0.25) is 4.79 Å². The van der Waals surface area contributed by atoms with E-state index in [9.17, 15) is 4.79 Å². The molecule has 4 aromatic rings. The van der Waals surface area contributed by atoms with E-state index in [1.165, 1.54) is 11.8 Å². The third-order valence-electron chi connectivity index (χ3n) is 5.16. The van der Waals surface area contributed by atoms with Gasteiger partial charge in [0.25, 0.3) is 0 Å². The monoisotopic (exact) mass is 400 g/mol. The zero-order valence-corrected chi connectivity index (χ0v) is 17.1. The fourth-order valence-corrected chi connectivity index (χ4v) is 4.82. The molecule has 2 aromatic heterocycles. The molecule has 1 atom stereocenters. The van der Waals surface area contributed by atoms with Crippen LogP contribution < -0.4 is 0 Å². The van der Waals surface area contributed by atoms with Gasteiger partial charge >= 0.3 is 0 Å². The van der Waals surface area contributed by atoms with Crippen LogP contribution >= 0.6 is 11.8 Å². The molecule has 0 bridgehead atoms. The fourth-order valence-electron chi connectivity index (χ4n) is 3.64. The molecule has 0 saturated carbocycles. The van der Waals surface area contributed by atoms with Crippen molar-refractivity contribution in [2.75, 3.05) is 0 Å². The molecule has 5 nitrogen and oxygen atoms in total. The summed E-state index contributed by atoms with van der Waals surface area (Å²) in [5.74, 6) is 1.12. The number of Topliss-reactive ketones (excluding diaryl/α,β-unsaturated/α-hetero) is 1. The molecule has 0 N–H and O–H groups in total. The van der Waals surface area contributed by atoms with E-state index >= 15 is 0 Å². The molecule has 0 radical (unpaired) electrons. The molecule has 1 aliphatic carbocycles. The first-order valence-corrected chi connectivity index (χ1v) is 10.6. The number of para-hydroxylation sites is 1. The molecule has 0 fully saturated rings. The quantitative estimate of drug-likeness (QED) is 0.459. The third kappa shape index (κ3) is 3.13. The van der Waals surface area contributed by atoms with Gasteiger partial charge in [-0.15, -0.1) is 0 Å². The number of aromatic nitrogens is 4. The Hall–Kier alpha value is -2.99. The molecule has 1 unspecified atom stereocenters. The highest BCUT2D eigenvalue weighted by molar-refractivity contribution is 8.00. The van der Waals surface area contributed by atoms with Crippen LogP contribution in [0.25, 0.3) is 16.7 Å². The summed E-state index contributed by atoms with van der Waals surface area (Å²) in [5.41, 5.74) is 3.68. The number of benzene rings is 2. The second-order valence-corrected chi connectivity index (χ2v) is 8.69. The summed E-state index contributed by atoms with van der Waals surface area (Å²) in [7, 11) is 0. The van der Waals surface area contributed by atoms with Crippen molar-refractivity contribution in [2.45, 2.75) is 36.5 Å². The van der Waals surface area contributed by atoms with Crippen LogP contribution in [0.2, 0.25) is 0 Å². The molecule has 0 spiro atoms. The summed E-state index contributed by atoms with van der Waals surface area (Å²) in [6.45, 7) is 4.16. The number of rotatable bonds is 4. The van der Waals surface area contributed by atoms with Gasteiger partial charge in [0, 0.05) is 11.5 Å². The van der Waals surface area contributed by atoms with E-state index in [2.05, 4.69) is 18.9 Å². The van der Waals surface area contributed by atoms with Crippen molar-refractivity contribution in [1.29, 1.82) is 0 Å². The fraction of sp³-hybridized carbons (Fsp3) is 0.217. The normalized spacial score (nSPS) is 16.0. The lowest BCUT2D eigenvalue weighted by Crippen LogP contribution is -2.12. The molecular formula is C23H20N4OS. The van der Waals surface area contributed by atoms with Crippen LogP contribution in [-0.2, 0) is 6.42 Å². The summed E-state index contributed by atoms with van der Waals surface area (Å²) < 4.78 is 1.85. The minimum Gasteiger partial charge on any atom is -0.293 e. The average molecular weight is 401 g/mol. The maximum Gasteiger partial charge on any atom is 0.176 e. The molecular weight excluding hydrogens is 380 g/mol. The van der Waals surface area contributed by atoms with Crippen LogP contribution in [0.5, 0.6) is 0 Å². The summed E-state index contributed by atoms with van der Waals surface area (Å²) in [6.07, 6.45) is 2.54. The third-order valence-corrected chi connectivity index (χ3v) is 6.36. The van der Waals surface area contributed by atoms with Gasteiger partial charge in [0.05, 0.1) is 22.5 Å². The van der Waals surface area contributed by atoms with Gasteiger partial charge in [0.15, 0.2) is 11.4 Å². The van der Waals surface area contributed by atoms with Crippen molar-refractivity contribution in [1.82, 2.24) is 19.7 Å². The molecule has 29 heavy (non-hydrogen) atoms. The molecule has 1 aliphatic rings. The number of carbonyl (C=O) groups is 1. The topological polar surface area (TPSA) is 60.7 Å². The van der Waals surface area contributed by atoms with E-state index in [-0.39, 0.29) is 17.0 Å². The maximum atomic E-state index is 12.9. The van der Waals surface area contributed by atoms with Crippen LogP contribution in [-0.4, -0.2) is 30.8 Å². The van der Waals surface area contributed by atoms with Crippen molar-refractivity contribution in [2.24, 2.45) is 0 Å². The first kappa shape index (κ1) is 18.1. The summed E-state index contributed by atoms with van der Waals surface area (Å²) in [4.78, 5) is 22.5. The van der Waals surface area contributed by atoms with Gasteiger partial charge in [-0.25, -0.2) is 14.6 Å². The number of hydrogen-bond acceptors (Lipinski definition) is 5. The lowest BCUT2D eigenvalue weighted by molar-refractivity contribution is 0.1000. The predicted octanol–water partition coefficient (Wildman–Crippen LogP) is 4.84. The van der Waals surface area contributed by atoms with Crippen molar-refractivity contribution in [3.63, 3.8) is 0 Å². The number of thioether (sulfide) groups is 1. The van der Waals surface area contributed by atoms with E-state index in [0.29, 0.717) is 0 Å². The van der Waals surface area contributed by atoms with E-state index in [1.54, 1.807) is 6.20 Å². The van der Waals surface area contributed by atoms with Crippen molar-refractivity contribution >= 4 is 28.6 Å². The Bertz CT molecular complexity index is 1220. The Morgan fingerprint density at radius 3 is 2.55 bits per heavy atom. The molecule has 0 aliphatic heterocycles. The molecule has 2 heterocycles. The molecule has 5 rings (SSSR count). The Kier molecular flexibility index (Phi) is 4.43. The Balaban J connectivity index is 1.59. The van der Waals surface area contributed by atoms with Crippen LogP contribution in [0.4, 0.5) is 0 Å². The number of hydrogen-bond donors (Lipinski definition) is 0. The van der Waals surface area contributed by atoms with Crippen molar-refractivity contribution in [3.05, 3.63) is 77.7 Å². The Morgan fingerprint density at radius 1 is 1.03 bits per heavy atom. The highest BCUT2D eigenvalue weighted by atomic mass is 32.2. The molecule has 0 amide bonds. The SMILES string of the molecule is CC(C)c1nc(SC2Cc3ccccc3C2=O)c2cnn(-c3ccccc3)c2n1. The lowest BCUT2D eigenvalue weighted by Gasteiger charge is -2.12. The lowest BCUT2D eigenvalue weighted by atomic mass is 10.1. The zero-order valence-electron chi connectivity index (χ0n) is 16.2. The van der Waals surface area contributed by atoms with Crippen molar-refractivity contribution in [3.8, 4) is 5.69 Å². The summed E-state index contributed by atoms with van der Waals surface area (Å²) in [5, 5.41) is 6.12. The smallest absolute Gasteiger partial charge is 0.176 e. The maximum absolute atomic E-state index is 12.9. The molecule has 6 heteroatoms. The second kappa shape index (κ2) is 7.12. The molecule has 2 aromatic carbocycles. The van der Waals surface area contributed by atoms with Gasteiger partial charge in [0.1, 0.15) is 10.9 Å². The standard InChI is InChI=1S/C23H20N4OS/c1-14(2)21-25-22-18(13-24-27(22)16-9-4-3-5-10-16)23(26-21)29-19-12-15-8-6-7-11-17(15)20(19)28/h3-11,13-14,19H,12H2,1-2H3. The number of nitrogens with zero attached hydrogens (tertiary/aromatic N) is 4. The molecule has 0 saturated heterocycles. The number of ketones is 1. The number of fused-ring (bicyclic) bond motifs is 2. The van der Waals surface area contributed by atoms with Gasteiger partial charge in [-0.2, -0.15) is 5.10 Å².